The highest BCUT2D eigenvalue weighted by Crippen LogP contribution is 2.21. The number of hydrogen-bond acceptors (Lipinski definition) is 5. The molecule has 6 nitrogen and oxygen atoms in total. The van der Waals surface area contributed by atoms with E-state index in [-0.39, 0.29) is 0 Å². The summed E-state index contributed by atoms with van der Waals surface area (Å²) < 4.78 is 6.81. The summed E-state index contributed by atoms with van der Waals surface area (Å²) in [5.41, 5.74) is 1.81. The molecule has 28 heavy (non-hydrogen) atoms. The lowest BCUT2D eigenvalue weighted by atomic mass is 9.80. The van der Waals surface area contributed by atoms with Crippen molar-refractivity contribution in [1.82, 2.24) is 0 Å². The second-order valence-corrected chi connectivity index (χ2v) is 7.94. The Morgan fingerprint density at radius 3 is 1.86 bits per heavy atom. The monoisotopic (exact) mass is 384 g/mol. The van der Waals surface area contributed by atoms with Crippen LogP contribution in [0.15, 0.2) is 58.8 Å². The molecule has 2 N–H and O–H groups in total. The third-order valence-electron chi connectivity index (χ3n) is 4.30. The predicted octanol–water partition coefficient (Wildman–Crippen LogP) is 3.43. The number of hydrogen-bond donors (Lipinski definition) is 2. The summed E-state index contributed by atoms with van der Waals surface area (Å²) in [6.45, 7) is 1.94. The summed E-state index contributed by atoms with van der Waals surface area (Å²) in [5.74, 6) is 0.839. The summed E-state index contributed by atoms with van der Waals surface area (Å²) in [4.78, 5) is 0. The molecule has 2 aromatic carbocycles. The highest BCUT2D eigenvalue weighted by Gasteiger charge is 2.09. The standard InChI is InChI=1S/C21H31BN3O3/c1-25(2,3)16-6-4-5-7-17-28-21-14-12-20(13-15-21)24-23-19-10-8-18(9-11-19)22(26)27/h8-15,26-27H,4-7,16-17H2,1-3H3/q+1. The molecule has 0 spiro atoms. The van der Waals surface area contributed by atoms with E-state index in [1.807, 2.05) is 24.3 Å². The van der Waals surface area contributed by atoms with Crippen LogP contribution in [0.4, 0.5) is 11.4 Å². The van der Waals surface area contributed by atoms with Crippen molar-refractivity contribution in [2.45, 2.75) is 25.7 Å². The first-order chi connectivity index (χ1) is 13.3. The van der Waals surface area contributed by atoms with Crippen molar-refractivity contribution in [1.29, 1.82) is 0 Å². The molecule has 0 aliphatic rings. The number of rotatable bonds is 11. The zero-order valence-corrected chi connectivity index (χ0v) is 17.1. The van der Waals surface area contributed by atoms with Gasteiger partial charge in [0.1, 0.15) is 5.75 Å². The molecule has 0 fully saturated rings. The van der Waals surface area contributed by atoms with E-state index in [0.717, 1.165) is 28.9 Å². The van der Waals surface area contributed by atoms with Crippen molar-refractivity contribution in [2.75, 3.05) is 34.3 Å². The Labute approximate surface area is 168 Å². The van der Waals surface area contributed by atoms with E-state index >= 15 is 0 Å². The summed E-state index contributed by atoms with van der Waals surface area (Å²) in [6, 6.07) is 14.1. The third-order valence-corrected chi connectivity index (χ3v) is 4.30. The minimum atomic E-state index is -1.47. The summed E-state index contributed by atoms with van der Waals surface area (Å²) in [7, 11) is 5.21. The van der Waals surface area contributed by atoms with Crippen LogP contribution in [-0.4, -0.2) is 55.9 Å². The van der Waals surface area contributed by atoms with Gasteiger partial charge < -0.3 is 19.3 Å². The second-order valence-electron chi connectivity index (χ2n) is 7.94. The number of azo groups is 1. The van der Waals surface area contributed by atoms with Gasteiger partial charge in [-0.3, -0.25) is 0 Å². The first kappa shape index (κ1) is 22.1. The lowest BCUT2D eigenvalue weighted by Crippen LogP contribution is -2.35. The van der Waals surface area contributed by atoms with Crippen molar-refractivity contribution in [3.63, 3.8) is 0 Å². The molecule has 0 atom stereocenters. The van der Waals surface area contributed by atoms with Gasteiger partial charge in [-0.25, -0.2) is 0 Å². The lowest BCUT2D eigenvalue weighted by molar-refractivity contribution is -0.870. The Bertz CT molecular complexity index is 726. The first-order valence-corrected chi connectivity index (χ1v) is 9.75. The van der Waals surface area contributed by atoms with Gasteiger partial charge in [-0.05, 0) is 67.5 Å². The van der Waals surface area contributed by atoms with Crippen LogP contribution in [0.2, 0.25) is 0 Å². The third kappa shape index (κ3) is 8.65. The molecule has 150 valence electrons. The minimum Gasteiger partial charge on any atom is -0.494 e. The molecule has 0 aromatic heterocycles. The Hall–Kier alpha value is -2.22. The highest BCUT2D eigenvalue weighted by molar-refractivity contribution is 6.58. The van der Waals surface area contributed by atoms with E-state index in [1.165, 1.54) is 25.8 Å². The zero-order valence-electron chi connectivity index (χ0n) is 17.1. The Morgan fingerprint density at radius 1 is 0.786 bits per heavy atom. The van der Waals surface area contributed by atoms with Gasteiger partial charge >= 0.3 is 7.12 Å². The molecule has 0 amide bonds. The lowest BCUT2D eigenvalue weighted by Gasteiger charge is -2.23. The van der Waals surface area contributed by atoms with E-state index in [1.54, 1.807) is 24.3 Å². The molecule has 0 aliphatic carbocycles. The Morgan fingerprint density at radius 2 is 1.32 bits per heavy atom. The fourth-order valence-corrected chi connectivity index (χ4v) is 2.67. The van der Waals surface area contributed by atoms with E-state index in [9.17, 15) is 0 Å². The Kier molecular flexibility index (Phi) is 8.63. The summed E-state index contributed by atoms with van der Waals surface area (Å²) in [5, 5.41) is 26.5. The van der Waals surface area contributed by atoms with Crippen molar-refractivity contribution in [3.8, 4) is 5.75 Å². The van der Waals surface area contributed by atoms with Gasteiger partial charge in [0.25, 0.3) is 0 Å². The maximum Gasteiger partial charge on any atom is 0.488 e. The van der Waals surface area contributed by atoms with Crippen LogP contribution in [0.25, 0.3) is 0 Å². The molecule has 0 saturated carbocycles. The van der Waals surface area contributed by atoms with Crippen molar-refractivity contribution in [2.24, 2.45) is 10.2 Å². The number of benzene rings is 2. The van der Waals surface area contributed by atoms with Gasteiger partial charge in [-0.1, -0.05) is 12.1 Å². The average molecular weight is 384 g/mol. The second kappa shape index (κ2) is 10.9. The Balaban J connectivity index is 1.70. The molecule has 2 aromatic rings. The van der Waals surface area contributed by atoms with Gasteiger partial charge in [0.15, 0.2) is 0 Å². The number of nitrogens with zero attached hydrogens (tertiary/aromatic N) is 3. The smallest absolute Gasteiger partial charge is 0.488 e. The van der Waals surface area contributed by atoms with Crippen molar-refractivity contribution >= 4 is 24.0 Å². The SMILES string of the molecule is C[N+](C)(C)CCCCCCOc1ccc(N=Nc2ccc(B(O)O)cc2)cc1. The quantitative estimate of drug-likeness (QED) is 0.270. The highest BCUT2D eigenvalue weighted by atomic mass is 16.5. The zero-order chi connectivity index (χ0) is 20.4. The molecule has 0 unspecified atom stereocenters. The molecule has 0 saturated heterocycles. The minimum absolute atomic E-state index is 0.425. The fraction of sp³-hybridized carbons (Fsp3) is 0.429. The maximum atomic E-state index is 9.08. The number of quaternary nitrogens is 1. The molecule has 0 radical (unpaired) electrons. The van der Waals surface area contributed by atoms with Crippen LogP contribution in [0.1, 0.15) is 25.7 Å². The largest absolute Gasteiger partial charge is 0.494 e. The summed E-state index contributed by atoms with van der Waals surface area (Å²) >= 11 is 0. The topological polar surface area (TPSA) is 74.4 Å². The van der Waals surface area contributed by atoms with Crippen molar-refractivity contribution in [3.05, 3.63) is 48.5 Å². The number of unbranched alkanes of at least 4 members (excludes halogenated alkanes) is 3. The van der Waals surface area contributed by atoms with E-state index in [0.29, 0.717) is 11.2 Å². The van der Waals surface area contributed by atoms with Gasteiger partial charge in [0, 0.05) is 0 Å². The normalized spacial score (nSPS) is 11.8. The van der Waals surface area contributed by atoms with Crippen LogP contribution in [0, 0.1) is 0 Å². The maximum absolute atomic E-state index is 9.08. The fourth-order valence-electron chi connectivity index (χ4n) is 2.67. The van der Waals surface area contributed by atoms with Crippen LogP contribution in [0.3, 0.4) is 0 Å². The molecule has 0 heterocycles. The van der Waals surface area contributed by atoms with E-state index < -0.39 is 7.12 Å². The summed E-state index contributed by atoms with van der Waals surface area (Å²) in [6.07, 6.45) is 4.76. The van der Waals surface area contributed by atoms with Gasteiger partial charge in [-0.15, -0.1) is 0 Å². The average Bonchev–Trinajstić information content (AvgIpc) is 2.66. The van der Waals surface area contributed by atoms with Crippen LogP contribution < -0.4 is 10.2 Å². The van der Waals surface area contributed by atoms with E-state index in [4.69, 9.17) is 14.8 Å². The molecule has 0 aliphatic heterocycles. The van der Waals surface area contributed by atoms with Crippen LogP contribution >= 0.6 is 0 Å². The first-order valence-electron chi connectivity index (χ1n) is 9.75. The van der Waals surface area contributed by atoms with E-state index in [2.05, 4.69) is 31.4 Å². The molecular formula is C21H31BN3O3+. The van der Waals surface area contributed by atoms with Gasteiger partial charge in [0.05, 0.1) is 45.7 Å². The predicted molar refractivity (Wildman–Crippen MR) is 114 cm³/mol. The van der Waals surface area contributed by atoms with Crippen LogP contribution in [-0.2, 0) is 0 Å². The van der Waals surface area contributed by atoms with Crippen molar-refractivity contribution < 1.29 is 19.3 Å². The van der Waals surface area contributed by atoms with Gasteiger partial charge in [-0.2, -0.15) is 10.2 Å². The van der Waals surface area contributed by atoms with Gasteiger partial charge in [0.2, 0.25) is 0 Å². The number of ether oxygens (including phenoxy) is 1. The molecule has 7 heteroatoms. The molecular weight excluding hydrogens is 353 g/mol. The molecule has 0 bridgehead atoms. The van der Waals surface area contributed by atoms with Crippen LogP contribution in [0.5, 0.6) is 5.75 Å². The molecule has 2 rings (SSSR count).